The maximum Gasteiger partial charge on any atom is 0.302 e. The Labute approximate surface area is 180 Å². The Bertz CT molecular complexity index is 679. The fraction of sp³-hybridized carbons (Fsp3) is 0.917. The Hall–Kier alpha value is -1.14. The number of ether oxygens (including phenoxy) is 3. The van der Waals surface area contributed by atoms with Gasteiger partial charge in [-0.3, -0.25) is 9.59 Å². The van der Waals surface area contributed by atoms with Gasteiger partial charge in [-0.15, -0.1) is 0 Å². The first-order chi connectivity index (χ1) is 14.2. The van der Waals surface area contributed by atoms with E-state index in [4.69, 9.17) is 14.2 Å². The maximum absolute atomic E-state index is 11.5. The van der Waals surface area contributed by atoms with Crippen LogP contribution in [0.25, 0.3) is 0 Å². The van der Waals surface area contributed by atoms with Crippen molar-refractivity contribution in [1.29, 1.82) is 0 Å². The van der Waals surface area contributed by atoms with Crippen LogP contribution in [0.1, 0.15) is 72.6 Å². The van der Waals surface area contributed by atoms with Gasteiger partial charge >= 0.3 is 11.9 Å². The minimum atomic E-state index is -0.238. The highest BCUT2D eigenvalue weighted by Crippen LogP contribution is 2.65. The predicted octanol–water partition coefficient (Wildman–Crippen LogP) is 3.49. The summed E-state index contributed by atoms with van der Waals surface area (Å²) in [5, 5.41) is 10.6. The number of esters is 2. The van der Waals surface area contributed by atoms with Crippen LogP contribution >= 0.6 is 0 Å². The summed E-state index contributed by atoms with van der Waals surface area (Å²) in [5.41, 5.74) is -0.0711. The minimum absolute atomic E-state index is 0.0385. The molecule has 0 amide bonds. The van der Waals surface area contributed by atoms with Crippen LogP contribution in [-0.4, -0.2) is 48.6 Å². The van der Waals surface area contributed by atoms with Gasteiger partial charge in [0.2, 0.25) is 0 Å². The second kappa shape index (κ2) is 8.09. The lowest BCUT2D eigenvalue weighted by Crippen LogP contribution is -2.61. The highest BCUT2D eigenvalue weighted by Gasteiger charge is 2.63. The van der Waals surface area contributed by atoms with Crippen molar-refractivity contribution in [3.05, 3.63) is 0 Å². The molecule has 4 fully saturated rings. The SMILES string of the molecule is CC(=O)O[C@H]1CC[C@@]2(CO)[C@@H](C1)OC[C@H]1[C@@H]3CC[C@H]([C@@H](C)OC(C)=O)[C@@]3(C)CC[C@@H]12. The molecule has 0 unspecified atom stereocenters. The van der Waals surface area contributed by atoms with Gasteiger partial charge in [0.25, 0.3) is 0 Å². The summed E-state index contributed by atoms with van der Waals surface area (Å²) in [6.45, 7) is 8.25. The zero-order chi connectivity index (χ0) is 21.7. The molecule has 1 heterocycles. The molecule has 0 spiro atoms. The number of carbonyl (C=O) groups excluding carboxylic acids is 2. The number of hydrogen-bond donors (Lipinski definition) is 1. The standard InChI is InChI=1S/C24H38O6/c1-14(29-15(2)26)19-5-6-20-18-12-28-22-11-17(30-16(3)27)7-10-24(22,13-25)21(18)8-9-23(19,20)4/h14,17-22,25H,5-13H2,1-4H3/t14-,17+,18+,19-,20+,21+,22-,23-,24+/m1/s1. The molecule has 4 rings (SSSR count). The molecule has 0 radical (unpaired) electrons. The third-order valence-electron chi connectivity index (χ3n) is 9.33. The highest BCUT2D eigenvalue weighted by molar-refractivity contribution is 5.66. The van der Waals surface area contributed by atoms with E-state index in [1.807, 2.05) is 6.92 Å². The largest absolute Gasteiger partial charge is 0.463 e. The smallest absolute Gasteiger partial charge is 0.302 e. The summed E-state index contributed by atoms with van der Waals surface area (Å²) in [5.74, 6) is 1.37. The van der Waals surface area contributed by atoms with E-state index in [9.17, 15) is 14.7 Å². The number of aliphatic hydroxyl groups is 1. The molecule has 1 aliphatic heterocycles. The van der Waals surface area contributed by atoms with Crippen molar-refractivity contribution in [2.45, 2.75) is 91.0 Å². The molecule has 0 aromatic rings. The van der Waals surface area contributed by atoms with Crippen molar-refractivity contribution < 1.29 is 28.9 Å². The summed E-state index contributed by atoms with van der Waals surface area (Å²) in [4.78, 5) is 23.0. The average molecular weight is 423 g/mol. The molecule has 4 aliphatic rings. The van der Waals surface area contributed by atoms with E-state index in [1.54, 1.807) is 0 Å². The first kappa shape index (κ1) is 22.1. The summed E-state index contributed by atoms with van der Waals surface area (Å²) in [7, 11) is 0. The van der Waals surface area contributed by atoms with Crippen molar-refractivity contribution >= 4 is 11.9 Å². The molecule has 6 heteroatoms. The normalized spacial score (nSPS) is 46.2. The van der Waals surface area contributed by atoms with Gasteiger partial charge in [0.1, 0.15) is 12.2 Å². The van der Waals surface area contributed by atoms with Crippen LogP contribution in [0.3, 0.4) is 0 Å². The molecule has 0 bridgehead atoms. The van der Waals surface area contributed by atoms with E-state index in [2.05, 4.69) is 6.92 Å². The van der Waals surface area contributed by atoms with Crippen molar-refractivity contribution in [1.82, 2.24) is 0 Å². The Kier molecular flexibility index (Phi) is 5.95. The Morgan fingerprint density at radius 3 is 2.53 bits per heavy atom. The van der Waals surface area contributed by atoms with Gasteiger partial charge in [0.05, 0.1) is 19.3 Å². The number of rotatable bonds is 4. The Morgan fingerprint density at radius 2 is 1.87 bits per heavy atom. The zero-order valence-electron chi connectivity index (χ0n) is 18.9. The lowest BCUT2D eigenvalue weighted by molar-refractivity contribution is -0.233. The van der Waals surface area contributed by atoms with Gasteiger partial charge in [-0.1, -0.05) is 6.92 Å². The molecule has 0 aromatic heterocycles. The molecular formula is C24H38O6. The number of carbonyl (C=O) groups is 2. The first-order valence-corrected chi connectivity index (χ1v) is 11.8. The average Bonchev–Trinajstić information content (AvgIpc) is 3.04. The maximum atomic E-state index is 11.5. The van der Waals surface area contributed by atoms with Crippen molar-refractivity contribution in [2.24, 2.45) is 34.5 Å². The molecule has 170 valence electrons. The summed E-state index contributed by atoms with van der Waals surface area (Å²) in [6.07, 6.45) is 6.57. The molecule has 3 aliphatic carbocycles. The summed E-state index contributed by atoms with van der Waals surface area (Å²) >= 11 is 0. The van der Waals surface area contributed by atoms with Crippen molar-refractivity contribution in [3.8, 4) is 0 Å². The Balaban J connectivity index is 1.53. The van der Waals surface area contributed by atoms with Crippen LogP contribution in [0.15, 0.2) is 0 Å². The Morgan fingerprint density at radius 1 is 1.10 bits per heavy atom. The zero-order valence-corrected chi connectivity index (χ0v) is 18.9. The van der Waals surface area contributed by atoms with Crippen LogP contribution in [0.4, 0.5) is 0 Å². The molecule has 30 heavy (non-hydrogen) atoms. The molecule has 9 atom stereocenters. The van der Waals surface area contributed by atoms with Crippen LogP contribution < -0.4 is 0 Å². The van der Waals surface area contributed by atoms with E-state index in [0.717, 1.165) is 45.1 Å². The second-order valence-electron chi connectivity index (χ2n) is 10.6. The van der Waals surface area contributed by atoms with E-state index >= 15 is 0 Å². The quantitative estimate of drug-likeness (QED) is 0.699. The summed E-state index contributed by atoms with van der Waals surface area (Å²) in [6, 6.07) is 0. The van der Waals surface area contributed by atoms with Crippen LogP contribution in [-0.2, 0) is 23.8 Å². The third kappa shape index (κ3) is 3.48. The summed E-state index contributed by atoms with van der Waals surface area (Å²) < 4.78 is 17.5. The third-order valence-corrected chi connectivity index (χ3v) is 9.33. The molecule has 1 N–H and O–H groups in total. The molecule has 0 aromatic carbocycles. The minimum Gasteiger partial charge on any atom is -0.463 e. The fourth-order valence-corrected chi connectivity index (χ4v) is 8.10. The number of fused-ring (bicyclic) bond motifs is 5. The second-order valence-corrected chi connectivity index (χ2v) is 10.6. The van der Waals surface area contributed by atoms with E-state index < -0.39 is 0 Å². The van der Waals surface area contributed by atoms with Gasteiger partial charge in [-0.2, -0.15) is 0 Å². The van der Waals surface area contributed by atoms with Crippen LogP contribution in [0, 0.1) is 34.5 Å². The number of hydrogen-bond acceptors (Lipinski definition) is 6. The molecule has 1 saturated heterocycles. The molecule has 3 saturated carbocycles. The van der Waals surface area contributed by atoms with Crippen LogP contribution in [0.2, 0.25) is 0 Å². The van der Waals surface area contributed by atoms with E-state index in [-0.39, 0.29) is 47.7 Å². The predicted molar refractivity (Wildman–Crippen MR) is 110 cm³/mol. The highest BCUT2D eigenvalue weighted by atomic mass is 16.5. The van der Waals surface area contributed by atoms with Crippen molar-refractivity contribution in [3.63, 3.8) is 0 Å². The topological polar surface area (TPSA) is 82.1 Å². The van der Waals surface area contributed by atoms with Gasteiger partial charge in [0.15, 0.2) is 0 Å². The lowest BCUT2D eigenvalue weighted by Gasteiger charge is -2.61. The number of aliphatic hydroxyl groups excluding tert-OH is 1. The van der Waals surface area contributed by atoms with Crippen molar-refractivity contribution in [2.75, 3.05) is 13.2 Å². The van der Waals surface area contributed by atoms with Gasteiger partial charge in [-0.05, 0) is 68.6 Å². The monoisotopic (exact) mass is 422 g/mol. The first-order valence-electron chi connectivity index (χ1n) is 11.8. The van der Waals surface area contributed by atoms with Gasteiger partial charge in [0, 0.05) is 31.6 Å². The molecule has 6 nitrogen and oxygen atoms in total. The van der Waals surface area contributed by atoms with E-state index in [1.165, 1.54) is 13.8 Å². The van der Waals surface area contributed by atoms with Gasteiger partial charge in [-0.25, -0.2) is 0 Å². The fourth-order valence-electron chi connectivity index (χ4n) is 8.10. The van der Waals surface area contributed by atoms with Gasteiger partial charge < -0.3 is 19.3 Å². The van der Waals surface area contributed by atoms with E-state index in [0.29, 0.717) is 30.1 Å². The lowest BCUT2D eigenvalue weighted by atomic mass is 9.49. The molecular weight excluding hydrogens is 384 g/mol. The van der Waals surface area contributed by atoms with Crippen LogP contribution in [0.5, 0.6) is 0 Å².